The van der Waals surface area contributed by atoms with Gasteiger partial charge in [0.1, 0.15) is 18.0 Å². The third kappa shape index (κ3) is 5.06. The number of urea groups is 1. The van der Waals surface area contributed by atoms with Crippen molar-refractivity contribution >= 4 is 29.6 Å². The van der Waals surface area contributed by atoms with E-state index in [1.54, 1.807) is 49.4 Å². The summed E-state index contributed by atoms with van der Waals surface area (Å²) in [5.74, 6) is -1.02. The molecule has 1 heterocycles. The van der Waals surface area contributed by atoms with E-state index < -0.39 is 17.8 Å². The summed E-state index contributed by atoms with van der Waals surface area (Å²) in [6.45, 7) is 3.90. The fraction of sp³-hybridized carbons (Fsp3) is 0.148. The van der Waals surface area contributed by atoms with E-state index in [4.69, 9.17) is 9.47 Å². The number of anilines is 1. The molecule has 0 spiro atoms. The van der Waals surface area contributed by atoms with E-state index in [0.717, 1.165) is 21.6 Å². The van der Waals surface area contributed by atoms with Gasteiger partial charge in [-0.3, -0.25) is 14.9 Å². The van der Waals surface area contributed by atoms with Crippen LogP contribution in [0.5, 0.6) is 11.5 Å². The second kappa shape index (κ2) is 9.80. The van der Waals surface area contributed by atoms with Crippen molar-refractivity contribution < 1.29 is 28.2 Å². The highest BCUT2D eigenvalue weighted by Gasteiger charge is 2.37. The van der Waals surface area contributed by atoms with Crippen LogP contribution < -0.4 is 19.7 Å². The van der Waals surface area contributed by atoms with Gasteiger partial charge in [-0.15, -0.1) is 0 Å². The van der Waals surface area contributed by atoms with Crippen LogP contribution in [0.25, 0.3) is 6.08 Å². The second-order valence-electron chi connectivity index (χ2n) is 8.07. The van der Waals surface area contributed by atoms with Crippen molar-refractivity contribution in [2.75, 3.05) is 12.0 Å². The number of hydrogen-bond donors (Lipinski definition) is 1. The average molecular weight is 474 g/mol. The highest BCUT2D eigenvalue weighted by molar-refractivity contribution is 6.39. The van der Waals surface area contributed by atoms with E-state index >= 15 is 0 Å². The number of hydrogen-bond acceptors (Lipinski definition) is 5. The van der Waals surface area contributed by atoms with Crippen molar-refractivity contribution in [1.29, 1.82) is 0 Å². The molecule has 3 aromatic rings. The predicted octanol–water partition coefficient (Wildman–Crippen LogP) is 4.70. The third-order valence-corrected chi connectivity index (χ3v) is 5.50. The molecule has 0 bridgehead atoms. The number of nitrogens with zero attached hydrogens (tertiary/aromatic N) is 1. The number of aryl methyl sites for hydroxylation is 2. The summed E-state index contributed by atoms with van der Waals surface area (Å²) < 4.78 is 24.3. The molecule has 8 heteroatoms. The highest BCUT2D eigenvalue weighted by atomic mass is 19.1. The average Bonchev–Trinajstić information content (AvgIpc) is 2.83. The molecule has 4 amide bonds. The Labute approximate surface area is 201 Å². The molecule has 0 aliphatic carbocycles. The molecular formula is C27H23FN2O5. The quantitative estimate of drug-likeness (QED) is 0.414. The smallest absolute Gasteiger partial charge is 0.335 e. The Hall–Kier alpha value is -4.46. The van der Waals surface area contributed by atoms with E-state index in [9.17, 15) is 18.8 Å². The van der Waals surface area contributed by atoms with Crippen LogP contribution in [0.3, 0.4) is 0 Å². The summed E-state index contributed by atoms with van der Waals surface area (Å²) in [5.41, 5.74) is 3.21. The normalized spacial score (nSPS) is 14.8. The topological polar surface area (TPSA) is 84.9 Å². The molecule has 0 atom stereocenters. The van der Waals surface area contributed by atoms with Gasteiger partial charge in [-0.1, -0.05) is 35.9 Å². The number of carbonyl (C=O) groups is 3. The van der Waals surface area contributed by atoms with Crippen LogP contribution in [0.4, 0.5) is 14.9 Å². The molecule has 1 N–H and O–H groups in total. The van der Waals surface area contributed by atoms with Crippen LogP contribution in [-0.2, 0) is 16.2 Å². The number of methoxy groups -OCH3 is 1. The number of benzene rings is 3. The first-order valence-electron chi connectivity index (χ1n) is 10.8. The lowest BCUT2D eigenvalue weighted by Gasteiger charge is -2.27. The summed E-state index contributed by atoms with van der Waals surface area (Å²) in [6, 6.07) is 15.4. The van der Waals surface area contributed by atoms with E-state index in [1.165, 1.54) is 25.3 Å². The highest BCUT2D eigenvalue weighted by Crippen LogP contribution is 2.31. The minimum Gasteiger partial charge on any atom is -0.493 e. The number of imide groups is 2. The minimum absolute atomic E-state index is 0.188. The largest absolute Gasteiger partial charge is 0.493 e. The Balaban J connectivity index is 1.60. The number of nitrogens with one attached hydrogen (secondary N) is 1. The first-order chi connectivity index (χ1) is 16.8. The van der Waals surface area contributed by atoms with Gasteiger partial charge in [0.15, 0.2) is 11.5 Å². The monoisotopic (exact) mass is 474 g/mol. The lowest BCUT2D eigenvalue weighted by molar-refractivity contribution is -0.122. The molecule has 1 saturated heterocycles. The number of halogens is 1. The Morgan fingerprint density at radius 2 is 1.69 bits per heavy atom. The number of carbonyl (C=O) groups excluding carboxylic acids is 3. The minimum atomic E-state index is -0.800. The van der Waals surface area contributed by atoms with E-state index in [2.05, 4.69) is 5.32 Å². The first-order valence-corrected chi connectivity index (χ1v) is 10.8. The van der Waals surface area contributed by atoms with Gasteiger partial charge in [0.2, 0.25) is 0 Å². The molecule has 7 nitrogen and oxygen atoms in total. The third-order valence-electron chi connectivity index (χ3n) is 5.50. The zero-order valence-corrected chi connectivity index (χ0v) is 19.4. The van der Waals surface area contributed by atoms with Crippen LogP contribution in [0, 0.1) is 19.7 Å². The summed E-state index contributed by atoms with van der Waals surface area (Å²) in [6.07, 6.45) is 1.40. The molecule has 4 rings (SSSR count). The van der Waals surface area contributed by atoms with Crippen molar-refractivity contribution in [3.8, 4) is 11.5 Å². The van der Waals surface area contributed by atoms with E-state index in [0.29, 0.717) is 22.7 Å². The van der Waals surface area contributed by atoms with Crippen LogP contribution >= 0.6 is 0 Å². The molecule has 1 aliphatic heterocycles. The number of ether oxygens (including phenoxy) is 2. The molecule has 1 aliphatic rings. The van der Waals surface area contributed by atoms with E-state index in [1.807, 2.05) is 13.0 Å². The standard InChI is InChI=1S/C27H23FN2O5/c1-16-4-10-22(17(2)12-16)30-26(32)21(25(31)29-27(30)33)13-19-7-11-23(24(14-19)34-3)35-15-18-5-8-20(28)9-6-18/h4-14H,15H2,1-3H3,(H,29,31,33)/b21-13+. The fourth-order valence-corrected chi connectivity index (χ4v) is 3.73. The van der Waals surface area contributed by atoms with Gasteiger partial charge < -0.3 is 9.47 Å². The molecule has 178 valence electrons. The van der Waals surface area contributed by atoms with Gasteiger partial charge in [-0.2, -0.15) is 0 Å². The van der Waals surface area contributed by atoms with Gasteiger partial charge in [-0.05, 0) is 66.9 Å². The number of barbiturate groups is 1. The molecule has 1 fully saturated rings. The van der Waals surface area contributed by atoms with Crippen molar-refractivity contribution in [2.24, 2.45) is 0 Å². The predicted molar refractivity (Wildman–Crippen MR) is 129 cm³/mol. The maximum atomic E-state index is 13.2. The summed E-state index contributed by atoms with van der Waals surface area (Å²) in [7, 11) is 1.47. The maximum absolute atomic E-state index is 13.2. The zero-order chi connectivity index (χ0) is 25.1. The molecular weight excluding hydrogens is 451 g/mol. The van der Waals surface area contributed by atoms with Gasteiger partial charge in [0.25, 0.3) is 11.8 Å². The van der Waals surface area contributed by atoms with Crippen molar-refractivity contribution in [2.45, 2.75) is 20.5 Å². The fourth-order valence-electron chi connectivity index (χ4n) is 3.73. The summed E-state index contributed by atoms with van der Waals surface area (Å²) in [4.78, 5) is 39.1. The molecule has 0 radical (unpaired) electrons. The lowest BCUT2D eigenvalue weighted by Crippen LogP contribution is -2.54. The molecule has 3 aromatic carbocycles. The van der Waals surface area contributed by atoms with Crippen molar-refractivity contribution in [1.82, 2.24) is 5.32 Å². The Morgan fingerprint density at radius 1 is 0.943 bits per heavy atom. The molecule has 0 saturated carbocycles. The van der Waals surface area contributed by atoms with Crippen LogP contribution in [0.1, 0.15) is 22.3 Å². The summed E-state index contributed by atoms with van der Waals surface area (Å²) in [5, 5.41) is 2.23. The SMILES string of the molecule is COc1cc(/C=C2\C(=O)NC(=O)N(c3ccc(C)cc3C)C2=O)ccc1OCc1ccc(F)cc1. The van der Waals surface area contributed by atoms with Crippen molar-refractivity contribution in [3.63, 3.8) is 0 Å². The first kappa shape index (κ1) is 23.7. The number of rotatable bonds is 6. The molecule has 0 unspecified atom stereocenters. The number of amides is 4. The van der Waals surface area contributed by atoms with Gasteiger partial charge in [0.05, 0.1) is 12.8 Å². The zero-order valence-electron chi connectivity index (χ0n) is 19.4. The summed E-state index contributed by atoms with van der Waals surface area (Å²) >= 11 is 0. The Kier molecular flexibility index (Phi) is 6.64. The van der Waals surface area contributed by atoms with E-state index in [-0.39, 0.29) is 18.0 Å². The Bertz CT molecular complexity index is 1350. The van der Waals surface area contributed by atoms with Gasteiger partial charge >= 0.3 is 6.03 Å². The maximum Gasteiger partial charge on any atom is 0.335 e. The second-order valence-corrected chi connectivity index (χ2v) is 8.07. The van der Waals surface area contributed by atoms with Crippen molar-refractivity contribution in [3.05, 3.63) is 94.3 Å². The van der Waals surface area contributed by atoms with Gasteiger partial charge in [-0.25, -0.2) is 14.1 Å². The van der Waals surface area contributed by atoms with Crippen LogP contribution in [0.2, 0.25) is 0 Å². The van der Waals surface area contributed by atoms with Crippen LogP contribution in [-0.4, -0.2) is 25.0 Å². The Morgan fingerprint density at radius 3 is 2.37 bits per heavy atom. The van der Waals surface area contributed by atoms with Gasteiger partial charge in [0, 0.05) is 0 Å². The van der Waals surface area contributed by atoms with Crippen LogP contribution in [0.15, 0.2) is 66.2 Å². The lowest BCUT2D eigenvalue weighted by atomic mass is 10.0. The molecule has 35 heavy (non-hydrogen) atoms. The molecule has 0 aromatic heterocycles.